The molecule has 0 aliphatic carbocycles. The lowest BCUT2D eigenvalue weighted by Gasteiger charge is -2.20. The average Bonchev–Trinajstić information content (AvgIpc) is 2.14. The van der Waals surface area contributed by atoms with E-state index in [2.05, 4.69) is 31.6 Å². The summed E-state index contributed by atoms with van der Waals surface area (Å²) in [6.45, 7) is 9.86. The van der Waals surface area contributed by atoms with Crippen molar-refractivity contribution in [2.75, 3.05) is 19.6 Å². The van der Waals surface area contributed by atoms with Crippen molar-refractivity contribution in [2.24, 2.45) is 5.92 Å². The molecule has 13 heavy (non-hydrogen) atoms. The van der Waals surface area contributed by atoms with Gasteiger partial charge in [0.2, 0.25) is 0 Å². The van der Waals surface area contributed by atoms with Gasteiger partial charge in [0.25, 0.3) is 0 Å². The van der Waals surface area contributed by atoms with E-state index in [-0.39, 0.29) is 0 Å². The maximum atomic E-state index is 5.31. The highest BCUT2D eigenvalue weighted by molar-refractivity contribution is 4.88. The van der Waals surface area contributed by atoms with Gasteiger partial charge >= 0.3 is 0 Å². The maximum absolute atomic E-state index is 5.31. The summed E-state index contributed by atoms with van der Waals surface area (Å²) >= 11 is 0. The van der Waals surface area contributed by atoms with E-state index in [1.807, 2.05) is 0 Å². The molecule has 1 atom stereocenters. The lowest BCUT2D eigenvalue weighted by molar-refractivity contribution is 0.281. The molecule has 0 aromatic rings. The fourth-order valence-corrected chi connectivity index (χ4v) is 1.32. The summed E-state index contributed by atoms with van der Waals surface area (Å²) in [5.74, 6) is 3.55. The first kappa shape index (κ1) is 12.5. The fourth-order valence-electron chi connectivity index (χ4n) is 1.32. The van der Waals surface area contributed by atoms with Gasteiger partial charge in [-0.25, -0.2) is 0 Å². The van der Waals surface area contributed by atoms with E-state index in [0.29, 0.717) is 0 Å². The minimum atomic E-state index is 0.810. The standard InChI is InChI=1S/C12H23N/c1-5-9-13(10-6-2)11-8-12(4)7-3/h1,12H,6-11H2,2-4H3. The second-order valence-electron chi connectivity index (χ2n) is 3.78. The van der Waals surface area contributed by atoms with E-state index >= 15 is 0 Å². The SMILES string of the molecule is C#CCN(CCC)CCC(C)CC. The van der Waals surface area contributed by atoms with Crippen LogP contribution in [-0.4, -0.2) is 24.5 Å². The highest BCUT2D eigenvalue weighted by atomic mass is 15.1. The van der Waals surface area contributed by atoms with Crippen molar-refractivity contribution in [1.29, 1.82) is 0 Å². The van der Waals surface area contributed by atoms with Gasteiger partial charge < -0.3 is 0 Å². The summed E-state index contributed by atoms with van der Waals surface area (Å²) in [6, 6.07) is 0. The molecule has 0 aromatic heterocycles. The van der Waals surface area contributed by atoms with Crippen LogP contribution in [0, 0.1) is 18.3 Å². The number of rotatable bonds is 7. The minimum absolute atomic E-state index is 0.810. The molecule has 0 aliphatic rings. The van der Waals surface area contributed by atoms with E-state index < -0.39 is 0 Å². The van der Waals surface area contributed by atoms with Crippen LogP contribution >= 0.6 is 0 Å². The first-order chi connectivity index (χ1) is 6.24. The Labute approximate surface area is 83.5 Å². The molecule has 0 aliphatic heterocycles. The molecule has 0 N–H and O–H groups in total. The fraction of sp³-hybridized carbons (Fsp3) is 0.833. The summed E-state index contributed by atoms with van der Waals surface area (Å²) < 4.78 is 0. The molecule has 0 amide bonds. The van der Waals surface area contributed by atoms with E-state index in [1.165, 1.54) is 19.3 Å². The summed E-state index contributed by atoms with van der Waals surface area (Å²) in [4.78, 5) is 2.37. The molecule has 1 nitrogen and oxygen atoms in total. The molecule has 0 saturated heterocycles. The first-order valence-corrected chi connectivity index (χ1v) is 5.40. The van der Waals surface area contributed by atoms with E-state index in [4.69, 9.17) is 6.42 Å². The Hall–Kier alpha value is -0.480. The molecule has 1 heteroatoms. The van der Waals surface area contributed by atoms with Gasteiger partial charge in [0.05, 0.1) is 6.54 Å². The van der Waals surface area contributed by atoms with Gasteiger partial charge in [0, 0.05) is 0 Å². The Bertz CT molecular complexity index is 146. The molecule has 0 aromatic carbocycles. The monoisotopic (exact) mass is 181 g/mol. The van der Waals surface area contributed by atoms with Crippen LogP contribution in [0.3, 0.4) is 0 Å². The van der Waals surface area contributed by atoms with Gasteiger partial charge in [-0.05, 0) is 31.8 Å². The number of hydrogen-bond acceptors (Lipinski definition) is 1. The highest BCUT2D eigenvalue weighted by Gasteiger charge is 2.04. The lowest BCUT2D eigenvalue weighted by Crippen LogP contribution is -2.27. The summed E-state index contributed by atoms with van der Waals surface area (Å²) in [5, 5.41) is 0. The minimum Gasteiger partial charge on any atom is -0.292 e. The van der Waals surface area contributed by atoms with Gasteiger partial charge in [-0.15, -0.1) is 6.42 Å². The van der Waals surface area contributed by atoms with Gasteiger partial charge in [-0.1, -0.05) is 33.1 Å². The zero-order chi connectivity index (χ0) is 10.1. The zero-order valence-electron chi connectivity index (χ0n) is 9.34. The van der Waals surface area contributed by atoms with E-state index in [9.17, 15) is 0 Å². The van der Waals surface area contributed by atoms with Crippen LogP contribution in [0.15, 0.2) is 0 Å². The molecule has 0 spiro atoms. The van der Waals surface area contributed by atoms with Crippen LogP contribution in [0.25, 0.3) is 0 Å². The van der Waals surface area contributed by atoms with Crippen molar-refractivity contribution in [3.8, 4) is 12.3 Å². The number of terminal acetylenes is 1. The van der Waals surface area contributed by atoms with Crippen molar-refractivity contribution in [2.45, 2.75) is 40.0 Å². The van der Waals surface area contributed by atoms with E-state index in [0.717, 1.165) is 25.6 Å². The van der Waals surface area contributed by atoms with Crippen molar-refractivity contribution < 1.29 is 0 Å². The lowest BCUT2D eigenvalue weighted by atomic mass is 10.1. The van der Waals surface area contributed by atoms with Crippen molar-refractivity contribution >= 4 is 0 Å². The number of nitrogens with zero attached hydrogens (tertiary/aromatic N) is 1. The van der Waals surface area contributed by atoms with Crippen LogP contribution < -0.4 is 0 Å². The van der Waals surface area contributed by atoms with Gasteiger partial charge in [-0.2, -0.15) is 0 Å². The Morgan fingerprint density at radius 3 is 2.46 bits per heavy atom. The summed E-state index contributed by atoms with van der Waals surface area (Å²) in [6.07, 6.45) is 9.05. The Balaban J connectivity index is 3.62. The van der Waals surface area contributed by atoms with Crippen LogP contribution in [0.2, 0.25) is 0 Å². The maximum Gasteiger partial charge on any atom is 0.0598 e. The molecule has 0 bridgehead atoms. The van der Waals surface area contributed by atoms with Gasteiger partial charge in [0.15, 0.2) is 0 Å². The zero-order valence-corrected chi connectivity index (χ0v) is 9.34. The predicted molar refractivity (Wildman–Crippen MR) is 59.6 cm³/mol. The molecular formula is C12H23N. The Kier molecular flexibility index (Phi) is 7.83. The molecular weight excluding hydrogens is 158 g/mol. The Morgan fingerprint density at radius 1 is 1.31 bits per heavy atom. The van der Waals surface area contributed by atoms with Crippen LogP contribution in [0.4, 0.5) is 0 Å². The average molecular weight is 181 g/mol. The molecule has 76 valence electrons. The van der Waals surface area contributed by atoms with Gasteiger partial charge in [-0.3, -0.25) is 4.90 Å². The predicted octanol–water partition coefficient (Wildman–Crippen LogP) is 2.77. The second kappa shape index (κ2) is 8.13. The van der Waals surface area contributed by atoms with Crippen LogP contribution in [-0.2, 0) is 0 Å². The molecule has 0 heterocycles. The van der Waals surface area contributed by atoms with Crippen molar-refractivity contribution in [3.63, 3.8) is 0 Å². The van der Waals surface area contributed by atoms with Crippen LogP contribution in [0.1, 0.15) is 40.0 Å². The van der Waals surface area contributed by atoms with E-state index in [1.54, 1.807) is 0 Å². The highest BCUT2D eigenvalue weighted by Crippen LogP contribution is 2.07. The first-order valence-electron chi connectivity index (χ1n) is 5.40. The van der Waals surface area contributed by atoms with Crippen molar-refractivity contribution in [1.82, 2.24) is 4.90 Å². The largest absolute Gasteiger partial charge is 0.292 e. The topological polar surface area (TPSA) is 3.24 Å². The second-order valence-corrected chi connectivity index (χ2v) is 3.78. The quantitative estimate of drug-likeness (QED) is 0.546. The van der Waals surface area contributed by atoms with Crippen molar-refractivity contribution in [3.05, 3.63) is 0 Å². The number of hydrogen-bond donors (Lipinski definition) is 0. The van der Waals surface area contributed by atoms with Crippen LogP contribution in [0.5, 0.6) is 0 Å². The third kappa shape index (κ3) is 6.66. The molecule has 0 fully saturated rings. The van der Waals surface area contributed by atoms with Gasteiger partial charge in [0.1, 0.15) is 0 Å². The molecule has 0 rings (SSSR count). The smallest absolute Gasteiger partial charge is 0.0598 e. The molecule has 1 unspecified atom stereocenters. The Morgan fingerprint density at radius 2 is 2.00 bits per heavy atom. The normalized spacial score (nSPS) is 12.8. The third-order valence-electron chi connectivity index (χ3n) is 2.49. The molecule has 0 saturated carbocycles. The molecule has 0 radical (unpaired) electrons. The summed E-state index contributed by atoms with van der Waals surface area (Å²) in [5.41, 5.74) is 0. The third-order valence-corrected chi connectivity index (χ3v) is 2.49. The summed E-state index contributed by atoms with van der Waals surface area (Å²) in [7, 11) is 0.